The van der Waals surface area contributed by atoms with Crippen LogP contribution >= 0.6 is 22.7 Å². The van der Waals surface area contributed by atoms with Gasteiger partial charge in [-0.1, -0.05) is 35.6 Å². The smallest absolute Gasteiger partial charge is 0.264 e. The summed E-state index contributed by atoms with van der Waals surface area (Å²) in [5.41, 5.74) is 5.68. The summed E-state index contributed by atoms with van der Waals surface area (Å²) in [4.78, 5) is 24.1. The summed E-state index contributed by atoms with van der Waals surface area (Å²) < 4.78 is 9.06. The number of amides is 1. The molecule has 1 amide bonds. The third kappa shape index (κ3) is 4.11. The summed E-state index contributed by atoms with van der Waals surface area (Å²) in [7, 11) is 1.69. The van der Waals surface area contributed by atoms with Crippen LogP contribution in [0.1, 0.15) is 20.9 Å². The van der Waals surface area contributed by atoms with E-state index in [9.17, 15) is 4.79 Å². The zero-order valence-corrected chi connectivity index (χ0v) is 21.4. The number of hydrogen-bond donors (Lipinski definition) is 0. The molecule has 1 aliphatic heterocycles. The SMILES string of the molecule is COc1cccc(-c2nc3sc4cc(C)ccc4n3c2CN2CCN(C(=O)c3cccs3)CC2)c1. The molecule has 2 aromatic carbocycles. The number of imidazole rings is 1. The molecular formula is C27H26N4O2S2. The second-order valence-corrected chi connectivity index (χ2v) is 10.8. The van der Waals surface area contributed by atoms with E-state index < -0.39 is 0 Å². The normalized spacial score (nSPS) is 14.7. The van der Waals surface area contributed by atoms with Gasteiger partial charge < -0.3 is 9.64 Å². The molecule has 6 nitrogen and oxygen atoms in total. The third-order valence-electron chi connectivity index (χ3n) is 6.61. The number of benzene rings is 2. The van der Waals surface area contributed by atoms with Gasteiger partial charge in [0.2, 0.25) is 0 Å². The highest BCUT2D eigenvalue weighted by Gasteiger charge is 2.26. The minimum absolute atomic E-state index is 0.141. The second kappa shape index (κ2) is 9.11. The van der Waals surface area contributed by atoms with Crippen molar-refractivity contribution in [1.82, 2.24) is 19.2 Å². The Labute approximate surface area is 212 Å². The van der Waals surface area contributed by atoms with E-state index in [4.69, 9.17) is 9.72 Å². The molecule has 0 atom stereocenters. The topological polar surface area (TPSA) is 50.1 Å². The zero-order valence-electron chi connectivity index (χ0n) is 19.7. The first-order valence-electron chi connectivity index (χ1n) is 11.7. The lowest BCUT2D eigenvalue weighted by Gasteiger charge is -2.34. The lowest BCUT2D eigenvalue weighted by Crippen LogP contribution is -2.48. The van der Waals surface area contributed by atoms with Crippen LogP contribution in [0.2, 0.25) is 0 Å². The van der Waals surface area contributed by atoms with E-state index in [1.165, 1.54) is 32.8 Å². The molecule has 4 heterocycles. The molecule has 35 heavy (non-hydrogen) atoms. The fourth-order valence-electron chi connectivity index (χ4n) is 4.76. The number of thiophene rings is 1. The van der Waals surface area contributed by atoms with Crippen LogP contribution in [-0.4, -0.2) is 58.4 Å². The Morgan fingerprint density at radius 2 is 1.91 bits per heavy atom. The van der Waals surface area contributed by atoms with Crippen molar-refractivity contribution in [3.05, 3.63) is 76.1 Å². The van der Waals surface area contributed by atoms with Gasteiger partial charge in [-0.05, 0) is 48.2 Å². The number of carbonyl (C=O) groups is 1. The number of methoxy groups -OCH3 is 1. The first kappa shape index (κ1) is 22.3. The summed E-state index contributed by atoms with van der Waals surface area (Å²) >= 11 is 3.24. The summed E-state index contributed by atoms with van der Waals surface area (Å²) in [6, 6.07) is 18.6. The average molecular weight is 503 g/mol. The standard InChI is InChI=1S/C27H26N4O2S2/c1-18-8-9-21-24(15-18)35-27-28-25(19-5-3-6-20(16-19)33-2)22(31(21)27)17-29-10-12-30(13-11-29)26(32)23-7-4-14-34-23/h3-9,14-16H,10-13,17H2,1-2H3. The molecule has 1 fully saturated rings. The van der Waals surface area contributed by atoms with Crippen molar-refractivity contribution in [1.29, 1.82) is 0 Å². The number of thiazole rings is 1. The van der Waals surface area contributed by atoms with E-state index >= 15 is 0 Å². The van der Waals surface area contributed by atoms with Gasteiger partial charge in [0.1, 0.15) is 5.75 Å². The number of aromatic nitrogens is 2. The quantitative estimate of drug-likeness (QED) is 0.316. The van der Waals surface area contributed by atoms with Crippen molar-refractivity contribution < 1.29 is 9.53 Å². The molecule has 178 valence electrons. The third-order valence-corrected chi connectivity index (χ3v) is 8.47. The number of fused-ring (bicyclic) bond motifs is 3. The number of hydrogen-bond acceptors (Lipinski definition) is 6. The van der Waals surface area contributed by atoms with Crippen LogP contribution in [0.4, 0.5) is 0 Å². The molecule has 5 aromatic rings. The highest BCUT2D eigenvalue weighted by atomic mass is 32.1. The van der Waals surface area contributed by atoms with Gasteiger partial charge in [-0.15, -0.1) is 11.3 Å². The maximum atomic E-state index is 12.8. The number of nitrogens with zero attached hydrogens (tertiary/aromatic N) is 4. The van der Waals surface area contributed by atoms with E-state index in [1.54, 1.807) is 18.4 Å². The lowest BCUT2D eigenvalue weighted by atomic mass is 10.1. The zero-order chi connectivity index (χ0) is 23.9. The van der Waals surface area contributed by atoms with Crippen molar-refractivity contribution in [3.63, 3.8) is 0 Å². The largest absolute Gasteiger partial charge is 0.497 e. The van der Waals surface area contributed by atoms with Crippen molar-refractivity contribution in [3.8, 4) is 17.0 Å². The van der Waals surface area contributed by atoms with E-state index in [1.807, 2.05) is 34.5 Å². The molecule has 0 unspecified atom stereocenters. The summed E-state index contributed by atoms with van der Waals surface area (Å²) in [6.45, 7) is 6.04. The highest BCUT2D eigenvalue weighted by molar-refractivity contribution is 7.23. The van der Waals surface area contributed by atoms with Gasteiger partial charge in [0, 0.05) is 38.3 Å². The molecular weight excluding hydrogens is 476 g/mol. The Morgan fingerprint density at radius 1 is 1.06 bits per heavy atom. The van der Waals surface area contributed by atoms with Crippen LogP contribution in [0, 0.1) is 6.92 Å². The maximum Gasteiger partial charge on any atom is 0.264 e. The molecule has 3 aromatic heterocycles. The Balaban J connectivity index is 1.34. The molecule has 8 heteroatoms. The lowest BCUT2D eigenvalue weighted by molar-refractivity contribution is 0.0632. The van der Waals surface area contributed by atoms with Crippen LogP contribution in [0.3, 0.4) is 0 Å². The van der Waals surface area contributed by atoms with Crippen molar-refractivity contribution in [2.24, 2.45) is 0 Å². The van der Waals surface area contributed by atoms with E-state index in [0.29, 0.717) is 0 Å². The number of ether oxygens (including phenoxy) is 1. The fraction of sp³-hybridized carbons (Fsp3) is 0.259. The molecule has 1 aliphatic rings. The van der Waals surface area contributed by atoms with E-state index in [0.717, 1.165) is 59.6 Å². The molecule has 0 N–H and O–H groups in total. The Bertz CT molecular complexity index is 1510. The fourth-order valence-corrected chi connectivity index (χ4v) is 6.59. The van der Waals surface area contributed by atoms with Crippen LogP contribution in [0.25, 0.3) is 26.4 Å². The summed E-state index contributed by atoms with van der Waals surface area (Å²) in [5, 5.41) is 1.96. The number of carbonyl (C=O) groups excluding carboxylic acids is 1. The number of aryl methyl sites for hydroxylation is 1. The summed E-state index contributed by atoms with van der Waals surface area (Å²) in [6.07, 6.45) is 0. The van der Waals surface area contributed by atoms with Crippen LogP contribution in [0.15, 0.2) is 60.0 Å². The first-order valence-corrected chi connectivity index (χ1v) is 13.4. The molecule has 6 rings (SSSR count). The van der Waals surface area contributed by atoms with Crippen molar-refractivity contribution in [2.45, 2.75) is 13.5 Å². The van der Waals surface area contributed by atoms with Crippen LogP contribution in [-0.2, 0) is 6.54 Å². The van der Waals surface area contributed by atoms with E-state index in [2.05, 4.69) is 46.6 Å². The van der Waals surface area contributed by atoms with Crippen LogP contribution in [0.5, 0.6) is 5.75 Å². The first-order chi connectivity index (χ1) is 17.1. The van der Waals surface area contributed by atoms with Gasteiger partial charge in [0.15, 0.2) is 4.96 Å². The molecule has 0 aliphatic carbocycles. The number of rotatable bonds is 5. The average Bonchev–Trinajstić information content (AvgIpc) is 3.61. The maximum absolute atomic E-state index is 12.8. The van der Waals surface area contributed by atoms with Gasteiger partial charge in [-0.2, -0.15) is 0 Å². The molecule has 0 radical (unpaired) electrons. The van der Waals surface area contributed by atoms with Gasteiger partial charge in [0.05, 0.1) is 33.6 Å². The monoisotopic (exact) mass is 502 g/mol. The van der Waals surface area contributed by atoms with Gasteiger partial charge in [0.25, 0.3) is 5.91 Å². The van der Waals surface area contributed by atoms with Crippen molar-refractivity contribution in [2.75, 3.05) is 33.3 Å². The second-order valence-electron chi connectivity index (χ2n) is 8.88. The minimum Gasteiger partial charge on any atom is -0.497 e. The number of piperazine rings is 1. The van der Waals surface area contributed by atoms with Gasteiger partial charge in [-0.3, -0.25) is 14.1 Å². The molecule has 0 bridgehead atoms. The molecule has 1 saturated heterocycles. The predicted octanol–water partition coefficient (Wildman–Crippen LogP) is 5.55. The Kier molecular flexibility index (Phi) is 5.80. The van der Waals surface area contributed by atoms with Gasteiger partial charge in [-0.25, -0.2) is 4.98 Å². The minimum atomic E-state index is 0.141. The van der Waals surface area contributed by atoms with E-state index in [-0.39, 0.29) is 5.91 Å². The molecule has 0 saturated carbocycles. The molecule has 0 spiro atoms. The van der Waals surface area contributed by atoms with Crippen molar-refractivity contribution >= 4 is 43.8 Å². The Hall–Kier alpha value is -3.20. The summed E-state index contributed by atoms with van der Waals surface area (Å²) in [5.74, 6) is 0.966. The predicted molar refractivity (Wildman–Crippen MR) is 143 cm³/mol. The highest BCUT2D eigenvalue weighted by Crippen LogP contribution is 2.35. The van der Waals surface area contributed by atoms with Crippen LogP contribution < -0.4 is 4.74 Å². The Morgan fingerprint density at radius 3 is 2.69 bits per heavy atom. The van der Waals surface area contributed by atoms with Gasteiger partial charge >= 0.3 is 0 Å².